The molecule has 0 aromatic rings. The molecular formula is C29H54O4. The standard InChI is InChI=1S/C16H30O2.C13H24O2/c1-4-5-6-7-8-9-10-11-12-13-14-18-16(17)15(2)3;1-6-7-11(4)8-12(5)9-15-13(14)10(2)3/h2,4-14H2,1,3H3;11-12H,2,6-9H2,1,3-5H3. The molecule has 2 atom stereocenters. The Morgan fingerprint density at radius 3 is 1.58 bits per heavy atom. The van der Waals surface area contributed by atoms with E-state index < -0.39 is 0 Å². The summed E-state index contributed by atoms with van der Waals surface area (Å²) in [5, 5.41) is 0. The third-order valence-corrected chi connectivity index (χ3v) is 5.51. The number of carbonyl (C=O) groups excluding carboxylic acids is 2. The summed E-state index contributed by atoms with van der Waals surface area (Å²) in [6, 6.07) is 0. The van der Waals surface area contributed by atoms with Crippen molar-refractivity contribution in [2.75, 3.05) is 13.2 Å². The molecule has 0 aromatic carbocycles. The van der Waals surface area contributed by atoms with Gasteiger partial charge >= 0.3 is 11.9 Å². The van der Waals surface area contributed by atoms with Crippen molar-refractivity contribution in [2.24, 2.45) is 11.8 Å². The van der Waals surface area contributed by atoms with E-state index in [-0.39, 0.29) is 11.9 Å². The summed E-state index contributed by atoms with van der Waals surface area (Å²) in [6.07, 6.45) is 16.6. The molecule has 0 N–H and O–H groups in total. The van der Waals surface area contributed by atoms with Gasteiger partial charge in [0.2, 0.25) is 0 Å². The summed E-state index contributed by atoms with van der Waals surface area (Å²) < 4.78 is 10.1. The smallest absolute Gasteiger partial charge is 0.333 e. The van der Waals surface area contributed by atoms with Gasteiger partial charge in [0.05, 0.1) is 13.2 Å². The Morgan fingerprint density at radius 2 is 1.12 bits per heavy atom. The molecule has 0 heterocycles. The molecule has 0 aliphatic carbocycles. The molecular weight excluding hydrogens is 412 g/mol. The Morgan fingerprint density at radius 1 is 0.667 bits per heavy atom. The minimum Gasteiger partial charge on any atom is -0.462 e. The topological polar surface area (TPSA) is 52.6 Å². The number of hydrogen-bond donors (Lipinski definition) is 0. The predicted molar refractivity (Wildman–Crippen MR) is 141 cm³/mol. The van der Waals surface area contributed by atoms with Gasteiger partial charge in [0.25, 0.3) is 0 Å². The Kier molecular flexibility index (Phi) is 24.0. The highest BCUT2D eigenvalue weighted by Gasteiger charge is 2.11. The summed E-state index contributed by atoms with van der Waals surface area (Å²) in [5.74, 6) is 0.624. The summed E-state index contributed by atoms with van der Waals surface area (Å²) in [6.45, 7) is 20.3. The van der Waals surface area contributed by atoms with E-state index in [1.807, 2.05) is 0 Å². The number of hydrogen-bond acceptors (Lipinski definition) is 4. The van der Waals surface area contributed by atoms with Gasteiger partial charge in [-0.25, -0.2) is 9.59 Å². The van der Waals surface area contributed by atoms with Crippen LogP contribution >= 0.6 is 0 Å². The van der Waals surface area contributed by atoms with Gasteiger partial charge < -0.3 is 9.47 Å². The van der Waals surface area contributed by atoms with Crippen molar-refractivity contribution in [3.05, 3.63) is 24.3 Å². The van der Waals surface area contributed by atoms with Crippen LogP contribution in [0.5, 0.6) is 0 Å². The van der Waals surface area contributed by atoms with Gasteiger partial charge in [0, 0.05) is 11.1 Å². The van der Waals surface area contributed by atoms with Crippen molar-refractivity contribution in [2.45, 2.75) is 125 Å². The van der Waals surface area contributed by atoms with Gasteiger partial charge in [0.1, 0.15) is 0 Å². The van der Waals surface area contributed by atoms with E-state index in [0.717, 1.165) is 12.8 Å². The molecule has 0 saturated heterocycles. The molecule has 0 saturated carbocycles. The van der Waals surface area contributed by atoms with E-state index in [1.54, 1.807) is 13.8 Å². The summed E-state index contributed by atoms with van der Waals surface area (Å²) in [4.78, 5) is 22.2. The van der Waals surface area contributed by atoms with Crippen LogP contribution < -0.4 is 0 Å². The second-order valence-corrected chi connectivity index (χ2v) is 9.71. The lowest BCUT2D eigenvalue weighted by atomic mass is 9.94. The second kappa shape index (κ2) is 23.6. The highest BCUT2D eigenvalue weighted by Crippen LogP contribution is 2.17. The summed E-state index contributed by atoms with van der Waals surface area (Å²) in [7, 11) is 0. The lowest BCUT2D eigenvalue weighted by molar-refractivity contribution is -0.140. The van der Waals surface area contributed by atoms with Gasteiger partial charge in [0.15, 0.2) is 0 Å². The zero-order valence-electron chi connectivity index (χ0n) is 22.8. The molecule has 2 unspecified atom stereocenters. The maximum Gasteiger partial charge on any atom is 0.333 e. The van der Waals surface area contributed by atoms with Crippen molar-refractivity contribution >= 4 is 11.9 Å². The first-order valence-electron chi connectivity index (χ1n) is 13.3. The molecule has 4 nitrogen and oxygen atoms in total. The highest BCUT2D eigenvalue weighted by atomic mass is 16.5. The van der Waals surface area contributed by atoms with Crippen molar-refractivity contribution in [3.8, 4) is 0 Å². The largest absolute Gasteiger partial charge is 0.462 e. The number of ether oxygens (including phenoxy) is 2. The van der Waals surface area contributed by atoms with Crippen LogP contribution in [0.1, 0.15) is 125 Å². The fourth-order valence-corrected chi connectivity index (χ4v) is 3.58. The van der Waals surface area contributed by atoms with E-state index in [9.17, 15) is 9.59 Å². The Labute approximate surface area is 205 Å². The molecule has 194 valence electrons. The van der Waals surface area contributed by atoms with Gasteiger partial charge in [-0.2, -0.15) is 0 Å². The van der Waals surface area contributed by atoms with Crippen LogP contribution in [0.2, 0.25) is 0 Å². The van der Waals surface area contributed by atoms with Crippen LogP contribution in [0.3, 0.4) is 0 Å². The molecule has 0 bridgehead atoms. The molecule has 0 aliphatic rings. The van der Waals surface area contributed by atoms with Crippen LogP contribution in [-0.4, -0.2) is 25.2 Å². The van der Waals surface area contributed by atoms with Crippen molar-refractivity contribution < 1.29 is 19.1 Å². The second-order valence-electron chi connectivity index (χ2n) is 9.71. The molecule has 0 spiro atoms. The first kappa shape index (κ1) is 33.6. The maximum atomic E-state index is 11.1. The molecule has 4 heteroatoms. The number of unbranched alkanes of at least 4 members (excludes halogenated alkanes) is 9. The zero-order chi connectivity index (χ0) is 25.5. The van der Waals surface area contributed by atoms with Crippen LogP contribution in [0.4, 0.5) is 0 Å². The molecule has 33 heavy (non-hydrogen) atoms. The first-order valence-corrected chi connectivity index (χ1v) is 13.3. The van der Waals surface area contributed by atoms with Crippen LogP contribution in [0.15, 0.2) is 24.3 Å². The number of rotatable bonds is 19. The average Bonchev–Trinajstić information content (AvgIpc) is 2.76. The van der Waals surface area contributed by atoms with E-state index in [4.69, 9.17) is 9.47 Å². The molecule has 0 fully saturated rings. The van der Waals surface area contributed by atoms with Crippen LogP contribution in [0, 0.1) is 11.8 Å². The lowest BCUT2D eigenvalue weighted by Crippen LogP contribution is -2.14. The zero-order valence-corrected chi connectivity index (χ0v) is 22.8. The van der Waals surface area contributed by atoms with E-state index >= 15 is 0 Å². The van der Waals surface area contributed by atoms with Gasteiger partial charge in [-0.05, 0) is 38.5 Å². The molecule has 0 rings (SSSR count). The van der Waals surface area contributed by atoms with Gasteiger partial charge in [-0.15, -0.1) is 0 Å². The molecule has 0 amide bonds. The monoisotopic (exact) mass is 466 g/mol. The van der Waals surface area contributed by atoms with Crippen molar-refractivity contribution in [3.63, 3.8) is 0 Å². The normalized spacial score (nSPS) is 12.2. The minimum atomic E-state index is -0.273. The fourth-order valence-electron chi connectivity index (χ4n) is 3.58. The van der Waals surface area contributed by atoms with Crippen molar-refractivity contribution in [1.82, 2.24) is 0 Å². The van der Waals surface area contributed by atoms with E-state index in [0.29, 0.717) is 36.2 Å². The molecule has 0 radical (unpaired) electrons. The fraction of sp³-hybridized carbons (Fsp3) is 0.793. The Bertz CT molecular complexity index is 524. The third-order valence-electron chi connectivity index (χ3n) is 5.51. The predicted octanol–water partition coefficient (Wildman–Crippen LogP) is 8.59. The van der Waals surface area contributed by atoms with Gasteiger partial charge in [-0.1, -0.05) is 111 Å². The SMILES string of the molecule is C=C(C)C(=O)OCC(C)CC(C)CCC.C=C(C)C(=O)OCCCCCCCCCCCC. The van der Waals surface area contributed by atoms with E-state index in [1.165, 1.54) is 70.6 Å². The Balaban J connectivity index is 0. The third kappa shape index (κ3) is 24.9. The lowest BCUT2D eigenvalue weighted by Gasteiger charge is -2.16. The Hall–Kier alpha value is -1.58. The molecule has 0 aromatic heterocycles. The summed E-state index contributed by atoms with van der Waals surface area (Å²) in [5.41, 5.74) is 0.964. The average molecular weight is 467 g/mol. The number of esters is 2. The van der Waals surface area contributed by atoms with Crippen LogP contribution in [0.25, 0.3) is 0 Å². The minimum absolute atomic E-state index is 0.258. The number of carbonyl (C=O) groups is 2. The van der Waals surface area contributed by atoms with E-state index in [2.05, 4.69) is 40.9 Å². The molecule has 0 aliphatic heterocycles. The van der Waals surface area contributed by atoms with Crippen LogP contribution in [-0.2, 0) is 19.1 Å². The highest BCUT2D eigenvalue weighted by molar-refractivity contribution is 5.87. The van der Waals surface area contributed by atoms with Gasteiger partial charge in [-0.3, -0.25) is 0 Å². The first-order chi connectivity index (χ1) is 15.6. The quantitative estimate of drug-likeness (QED) is 0.109. The summed E-state index contributed by atoms with van der Waals surface area (Å²) >= 11 is 0. The van der Waals surface area contributed by atoms with Crippen molar-refractivity contribution in [1.29, 1.82) is 0 Å². The maximum absolute atomic E-state index is 11.1.